The quantitative estimate of drug-likeness (QED) is 0.512. The zero-order chi connectivity index (χ0) is 21.4. The van der Waals surface area contributed by atoms with Crippen molar-refractivity contribution in [2.75, 3.05) is 12.4 Å². The van der Waals surface area contributed by atoms with Gasteiger partial charge in [-0.15, -0.1) is 11.3 Å². The van der Waals surface area contributed by atoms with E-state index >= 15 is 0 Å². The molecule has 1 aromatic carbocycles. The van der Waals surface area contributed by atoms with E-state index in [1.807, 2.05) is 19.9 Å². The summed E-state index contributed by atoms with van der Waals surface area (Å²) in [5.41, 5.74) is 1.51. The molecule has 0 radical (unpaired) electrons. The second-order valence-electron chi connectivity index (χ2n) is 7.28. The fraction of sp³-hybridized carbons (Fsp3) is 0.286. The van der Waals surface area contributed by atoms with Crippen molar-refractivity contribution in [3.63, 3.8) is 0 Å². The van der Waals surface area contributed by atoms with Crippen LogP contribution in [0.5, 0.6) is 0 Å². The summed E-state index contributed by atoms with van der Waals surface area (Å²) in [5.74, 6) is 0.950. The molecule has 0 aliphatic heterocycles. The number of H-pyrrole nitrogens is 1. The largest absolute Gasteiger partial charge is 0.358 e. The summed E-state index contributed by atoms with van der Waals surface area (Å²) in [6, 6.07) is 6.62. The number of aryl methyl sites for hydroxylation is 2. The Hall–Kier alpha value is -3.33. The van der Waals surface area contributed by atoms with E-state index in [1.165, 1.54) is 16.1 Å². The number of nitrogens with zero attached hydrogens (tertiary/aromatic N) is 4. The van der Waals surface area contributed by atoms with Gasteiger partial charge in [-0.1, -0.05) is 12.1 Å². The van der Waals surface area contributed by atoms with Crippen LogP contribution in [-0.2, 0) is 11.3 Å². The Balaban J connectivity index is 1.53. The van der Waals surface area contributed by atoms with E-state index in [0.717, 1.165) is 15.8 Å². The number of fused-ring (bicyclic) bond motifs is 2. The highest BCUT2D eigenvalue weighted by Crippen LogP contribution is 2.32. The van der Waals surface area contributed by atoms with Gasteiger partial charge in [0.05, 0.1) is 22.8 Å². The van der Waals surface area contributed by atoms with E-state index in [-0.39, 0.29) is 18.0 Å². The average molecular weight is 423 g/mol. The summed E-state index contributed by atoms with van der Waals surface area (Å²) >= 11 is 1.61. The maximum Gasteiger partial charge on any atom is 0.258 e. The lowest BCUT2D eigenvalue weighted by Gasteiger charge is -2.22. The van der Waals surface area contributed by atoms with Gasteiger partial charge in [-0.05, 0) is 38.5 Å². The maximum absolute atomic E-state index is 12.9. The van der Waals surface area contributed by atoms with Crippen LogP contribution in [0.1, 0.15) is 23.2 Å². The first-order chi connectivity index (χ1) is 14.3. The third-order valence-corrected chi connectivity index (χ3v) is 6.23. The molecule has 0 bridgehead atoms. The van der Waals surface area contributed by atoms with Gasteiger partial charge in [0, 0.05) is 11.9 Å². The third-order valence-electron chi connectivity index (χ3n) is 5.11. The molecule has 154 valence electrons. The van der Waals surface area contributed by atoms with Crippen LogP contribution in [0.2, 0.25) is 0 Å². The van der Waals surface area contributed by atoms with Crippen LogP contribution < -0.4 is 10.9 Å². The Morgan fingerprint density at radius 1 is 1.27 bits per heavy atom. The van der Waals surface area contributed by atoms with Crippen molar-refractivity contribution in [2.24, 2.45) is 0 Å². The van der Waals surface area contributed by atoms with Gasteiger partial charge in [0.15, 0.2) is 0 Å². The lowest BCUT2D eigenvalue weighted by molar-refractivity contribution is -0.131. The Morgan fingerprint density at radius 3 is 2.83 bits per heavy atom. The SMILES string of the molecule is Cc1sc2ncnc(NC(C)C(=O)N(C)Cc3nc4ccccc4c(=O)[nH]3)c2c1C. The van der Waals surface area contributed by atoms with Crippen molar-refractivity contribution < 1.29 is 4.79 Å². The Kier molecular flexibility index (Phi) is 5.21. The number of carbonyl (C=O) groups is 1. The van der Waals surface area contributed by atoms with E-state index < -0.39 is 6.04 Å². The molecule has 1 amide bonds. The van der Waals surface area contributed by atoms with Gasteiger partial charge in [0.2, 0.25) is 5.91 Å². The minimum absolute atomic E-state index is 0.137. The maximum atomic E-state index is 12.9. The molecule has 0 saturated carbocycles. The first-order valence-electron chi connectivity index (χ1n) is 9.55. The lowest BCUT2D eigenvalue weighted by atomic mass is 10.2. The Bertz CT molecular complexity index is 1310. The van der Waals surface area contributed by atoms with Crippen molar-refractivity contribution in [3.8, 4) is 0 Å². The van der Waals surface area contributed by atoms with Gasteiger partial charge in [0.25, 0.3) is 5.56 Å². The van der Waals surface area contributed by atoms with Crippen molar-refractivity contribution in [3.05, 3.63) is 57.2 Å². The minimum atomic E-state index is -0.514. The monoisotopic (exact) mass is 422 g/mol. The molecule has 1 atom stereocenters. The first-order valence-corrected chi connectivity index (χ1v) is 10.4. The highest BCUT2D eigenvalue weighted by Gasteiger charge is 2.21. The topological polar surface area (TPSA) is 104 Å². The van der Waals surface area contributed by atoms with Crippen molar-refractivity contribution in [1.82, 2.24) is 24.8 Å². The summed E-state index contributed by atoms with van der Waals surface area (Å²) < 4.78 is 0. The third kappa shape index (κ3) is 3.63. The molecule has 0 aliphatic carbocycles. The average Bonchev–Trinajstić information content (AvgIpc) is 3.02. The molecule has 4 rings (SSSR count). The number of hydrogen-bond donors (Lipinski definition) is 2. The molecular weight excluding hydrogens is 400 g/mol. The molecule has 0 saturated heterocycles. The van der Waals surface area contributed by atoms with Crippen LogP contribution in [0.3, 0.4) is 0 Å². The van der Waals surface area contributed by atoms with Crippen molar-refractivity contribution in [2.45, 2.75) is 33.4 Å². The second-order valence-corrected chi connectivity index (χ2v) is 8.48. The number of aromatic amines is 1. The molecule has 2 N–H and O–H groups in total. The van der Waals surface area contributed by atoms with E-state index in [2.05, 4.69) is 25.3 Å². The lowest BCUT2D eigenvalue weighted by Crippen LogP contribution is -2.39. The summed E-state index contributed by atoms with van der Waals surface area (Å²) in [6.45, 7) is 6.06. The molecule has 0 aliphatic rings. The van der Waals surface area contributed by atoms with Crippen LogP contribution in [0.4, 0.5) is 5.82 Å². The highest BCUT2D eigenvalue weighted by atomic mass is 32.1. The molecule has 3 heterocycles. The van der Waals surface area contributed by atoms with E-state index in [0.29, 0.717) is 22.5 Å². The number of rotatable bonds is 5. The van der Waals surface area contributed by atoms with Crippen LogP contribution in [-0.4, -0.2) is 43.8 Å². The molecule has 0 spiro atoms. The standard InChI is InChI=1S/C21H22N6O2S/c1-11-13(3)30-20-17(11)18(22-10-23-20)24-12(2)21(29)27(4)9-16-25-15-8-6-5-7-14(15)19(28)26-16/h5-8,10,12H,9H2,1-4H3,(H,22,23,24)(H,25,26,28). The number of thiophene rings is 1. The summed E-state index contributed by atoms with van der Waals surface area (Å²) in [4.78, 5) is 44.7. The number of likely N-dealkylation sites (N-methyl/N-ethyl adjacent to an activating group) is 1. The molecule has 0 fully saturated rings. The molecule has 3 aromatic heterocycles. The van der Waals surface area contributed by atoms with Gasteiger partial charge >= 0.3 is 0 Å². The van der Waals surface area contributed by atoms with Crippen LogP contribution in [0.25, 0.3) is 21.1 Å². The zero-order valence-corrected chi connectivity index (χ0v) is 18.0. The number of aromatic nitrogens is 4. The van der Waals surface area contributed by atoms with Gasteiger partial charge < -0.3 is 15.2 Å². The molecular formula is C21H22N6O2S. The normalized spacial score (nSPS) is 12.3. The Morgan fingerprint density at radius 2 is 2.03 bits per heavy atom. The minimum Gasteiger partial charge on any atom is -0.358 e. The second kappa shape index (κ2) is 7.83. The molecule has 4 aromatic rings. The fourth-order valence-corrected chi connectivity index (χ4v) is 4.40. The van der Waals surface area contributed by atoms with Crippen molar-refractivity contribution >= 4 is 44.2 Å². The number of hydrogen-bond acceptors (Lipinski definition) is 7. The summed E-state index contributed by atoms with van der Waals surface area (Å²) in [7, 11) is 1.69. The van der Waals surface area contributed by atoms with Gasteiger partial charge in [0.1, 0.15) is 28.8 Å². The number of para-hydroxylation sites is 1. The van der Waals surface area contributed by atoms with Gasteiger partial charge in [-0.25, -0.2) is 15.0 Å². The molecule has 30 heavy (non-hydrogen) atoms. The zero-order valence-electron chi connectivity index (χ0n) is 17.2. The van der Waals surface area contributed by atoms with E-state index in [4.69, 9.17) is 0 Å². The highest BCUT2D eigenvalue weighted by molar-refractivity contribution is 7.18. The number of amides is 1. The summed E-state index contributed by atoms with van der Waals surface area (Å²) in [6.07, 6.45) is 1.50. The smallest absolute Gasteiger partial charge is 0.258 e. The van der Waals surface area contributed by atoms with Crippen LogP contribution in [0, 0.1) is 13.8 Å². The van der Waals surface area contributed by atoms with E-state index in [1.54, 1.807) is 43.5 Å². The van der Waals surface area contributed by atoms with Gasteiger partial charge in [-0.3, -0.25) is 9.59 Å². The van der Waals surface area contributed by atoms with Gasteiger partial charge in [-0.2, -0.15) is 0 Å². The van der Waals surface area contributed by atoms with Crippen LogP contribution >= 0.6 is 11.3 Å². The van der Waals surface area contributed by atoms with E-state index in [9.17, 15) is 9.59 Å². The Labute approximate surface area is 177 Å². The number of carbonyl (C=O) groups excluding carboxylic acids is 1. The van der Waals surface area contributed by atoms with Crippen molar-refractivity contribution in [1.29, 1.82) is 0 Å². The molecule has 9 heteroatoms. The molecule has 1 unspecified atom stereocenters. The number of nitrogens with one attached hydrogen (secondary N) is 2. The fourth-order valence-electron chi connectivity index (χ4n) is 3.40. The summed E-state index contributed by atoms with van der Waals surface area (Å²) in [5, 5.41) is 4.69. The number of benzene rings is 1. The predicted molar refractivity (Wildman–Crippen MR) is 119 cm³/mol. The molecule has 8 nitrogen and oxygen atoms in total. The first kappa shape index (κ1) is 20.0. The van der Waals surface area contributed by atoms with Crippen LogP contribution in [0.15, 0.2) is 35.4 Å². The number of anilines is 1. The predicted octanol–water partition coefficient (Wildman–Crippen LogP) is 3.00.